The van der Waals surface area contributed by atoms with Crippen LogP contribution in [0.2, 0.25) is 0 Å². The number of ketones is 1. The Bertz CT molecular complexity index is 817. The lowest BCUT2D eigenvalue weighted by Gasteiger charge is -2.05. The Hall–Kier alpha value is -2.42. The van der Waals surface area contributed by atoms with Crippen molar-refractivity contribution in [2.24, 2.45) is 0 Å². The number of rotatable bonds is 2. The van der Waals surface area contributed by atoms with E-state index in [1.54, 1.807) is 19.2 Å². The molecule has 2 nitrogen and oxygen atoms in total. The predicted molar refractivity (Wildman–Crippen MR) is 77.6 cm³/mol. The summed E-state index contributed by atoms with van der Waals surface area (Å²) < 4.78 is 13.2. The molecule has 0 fully saturated rings. The fourth-order valence-electron chi connectivity index (χ4n) is 2.57. The van der Waals surface area contributed by atoms with Crippen LogP contribution in [-0.4, -0.2) is 10.8 Å². The van der Waals surface area contributed by atoms with E-state index in [-0.39, 0.29) is 11.6 Å². The van der Waals surface area contributed by atoms with Gasteiger partial charge >= 0.3 is 0 Å². The summed E-state index contributed by atoms with van der Waals surface area (Å²) in [5, 5.41) is 0.932. The molecule has 20 heavy (non-hydrogen) atoms. The highest BCUT2D eigenvalue weighted by atomic mass is 19.1. The number of H-pyrrole nitrogens is 1. The molecule has 3 aromatic rings. The number of fused-ring (bicyclic) bond motifs is 1. The summed E-state index contributed by atoms with van der Waals surface area (Å²) in [5.41, 5.74) is 3.81. The number of aryl methyl sites for hydroxylation is 2. The van der Waals surface area contributed by atoms with Crippen LogP contribution in [0.25, 0.3) is 10.9 Å². The van der Waals surface area contributed by atoms with Crippen LogP contribution in [0, 0.1) is 19.7 Å². The molecule has 1 N–H and O–H groups in total. The maximum absolute atomic E-state index is 13.2. The predicted octanol–water partition coefficient (Wildman–Crippen LogP) is 4.15. The summed E-state index contributed by atoms with van der Waals surface area (Å²) in [6.07, 6.45) is 1.72. The number of halogens is 1. The average molecular weight is 267 g/mol. The number of nitrogens with one attached hydrogen (secondary N) is 1. The molecule has 100 valence electrons. The summed E-state index contributed by atoms with van der Waals surface area (Å²) in [4.78, 5) is 15.8. The number of hydrogen-bond acceptors (Lipinski definition) is 1. The van der Waals surface area contributed by atoms with Gasteiger partial charge in [0.25, 0.3) is 0 Å². The summed E-state index contributed by atoms with van der Waals surface area (Å²) in [6, 6.07) is 10.1. The summed E-state index contributed by atoms with van der Waals surface area (Å²) in [5.74, 6) is -0.405. The first-order valence-corrected chi connectivity index (χ1v) is 6.45. The molecule has 0 aliphatic carbocycles. The fraction of sp³-hybridized carbons (Fsp3) is 0.118. The van der Waals surface area contributed by atoms with Crippen molar-refractivity contribution in [3.05, 3.63) is 70.7 Å². The monoisotopic (exact) mass is 267 g/mol. The third kappa shape index (κ3) is 1.92. The standard InChI is InChI=1S/C17H14FNO/c1-10-4-3-5-15-16(10)14(9-19-15)17(20)13-7-6-12(18)8-11(13)2/h3-9,19H,1-2H3. The quantitative estimate of drug-likeness (QED) is 0.695. The minimum atomic E-state index is -0.325. The molecule has 3 rings (SSSR count). The zero-order valence-corrected chi connectivity index (χ0v) is 11.3. The van der Waals surface area contributed by atoms with Crippen molar-refractivity contribution in [1.82, 2.24) is 4.98 Å². The van der Waals surface area contributed by atoms with Gasteiger partial charge in [-0.1, -0.05) is 12.1 Å². The second-order valence-electron chi connectivity index (χ2n) is 4.99. The molecule has 0 saturated carbocycles. The van der Waals surface area contributed by atoms with Gasteiger partial charge in [0.2, 0.25) is 0 Å². The molecule has 0 radical (unpaired) electrons. The smallest absolute Gasteiger partial charge is 0.195 e. The van der Waals surface area contributed by atoms with E-state index in [1.165, 1.54) is 12.1 Å². The van der Waals surface area contributed by atoms with Gasteiger partial charge in [0.15, 0.2) is 5.78 Å². The first-order chi connectivity index (χ1) is 9.58. The molecule has 0 atom stereocenters. The van der Waals surface area contributed by atoms with Gasteiger partial charge in [-0.25, -0.2) is 4.39 Å². The third-order valence-corrected chi connectivity index (χ3v) is 3.59. The van der Waals surface area contributed by atoms with Crippen molar-refractivity contribution < 1.29 is 9.18 Å². The van der Waals surface area contributed by atoms with Crippen LogP contribution in [0.4, 0.5) is 4.39 Å². The lowest BCUT2D eigenvalue weighted by Crippen LogP contribution is -2.03. The molecule has 0 bridgehead atoms. The van der Waals surface area contributed by atoms with Crippen molar-refractivity contribution in [3.8, 4) is 0 Å². The van der Waals surface area contributed by atoms with E-state index < -0.39 is 0 Å². The SMILES string of the molecule is Cc1cc(F)ccc1C(=O)c1c[nH]c2cccc(C)c12. The number of aromatic amines is 1. The zero-order chi connectivity index (χ0) is 14.3. The largest absolute Gasteiger partial charge is 0.360 e. The molecular formula is C17H14FNO. The van der Waals surface area contributed by atoms with Crippen molar-refractivity contribution in [1.29, 1.82) is 0 Å². The molecule has 2 aromatic carbocycles. The molecule has 0 amide bonds. The first-order valence-electron chi connectivity index (χ1n) is 6.45. The molecule has 1 heterocycles. The van der Waals surface area contributed by atoms with E-state index in [2.05, 4.69) is 4.98 Å². The Morgan fingerprint density at radius 3 is 2.60 bits per heavy atom. The van der Waals surface area contributed by atoms with Gasteiger partial charge in [-0.05, 0) is 49.2 Å². The molecule has 3 heteroatoms. The highest BCUT2D eigenvalue weighted by molar-refractivity contribution is 6.17. The Labute approximate surface area is 116 Å². The van der Waals surface area contributed by atoms with Crippen LogP contribution in [0.3, 0.4) is 0 Å². The van der Waals surface area contributed by atoms with Crippen molar-refractivity contribution in [2.45, 2.75) is 13.8 Å². The zero-order valence-electron chi connectivity index (χ0n) is 11.3. The minimum Gasteiger partial charge on any atom is -0.360 e. The first kappa shape index (κ1) is 12.6. The molecule has 0 aliphatic heterocycles. The van der Waals surface area contributed by atoms with Crippen LogP contribution in [-0.2, 0) is 0 Å². The van der Waals surface area contributed by atoms with Crippen molar-refractivity contribution >= 4 is 16.7 Å². The molecule has 0 unspecified atom stereocenters. The van der Waals surface area contributed by atoms with E-state index in [1.807, 2.05) is 25.1 Å². The maximum Gasteiger partial charge on any atom is 0.195 e. The summed E-state index contributed by atoms with van der Waals surface area (Å²) >= 11 is 0. The van der Waals surface area contributed by atoms with Crippen LogP contribution in [0.1, 0.15) is 27.0 Å². The van der Waals surface area contributed by atoms with Crippen LogP contribution in [0.15, 0.2) is 42.6 Å². The van der Waals surface area contributed by atoms with Gasteiger partial charge in [-0.2, -0.15) is 0 Å². The minimum absolute atomic E-state index is 0.0805. The third-order valence-electron chi connectivity index (χ3n) is 3.59. The topological polar surface area (TPSA) is 32.9 Å². The summed E-state index contributed by atoms with van der Waals surface area (Å²) in [7, 11) is 0. The number of carbonyl (C=O) groups excluding carboxylic acids is 1. The van der Waals surface area contributed by atoms with Crippen LogP contribution >= 0.6 is 0 Å². The van der Waals surface area contributed by atoms with Crippen LogP contribution in [0.5, 0.6) is 0 Å². The second-order valence-corrected chi connectivity index (χ2v) is 4.99. The Morgan fingerprint density at radius 1 is 1.05 bits per heavy atom. The molecular weight excluding hydrogens is 253 g/mol. The van der Waals surface area contributed by atoms with Crippen molar-refractivity contribution in [3.63, 3.8) is 0 Å². The second kappa shape index (κ2) is 4.60. The van der Waals surface area contributed by atoms with Gasteiger partial charge in [-0.15, -0.1) is 0 Å². The molecule has 1 aromatic heterocycles. The lowest BCUT2D eigenvalue weighted by molar-refractivity contribution is 0.103. The maximum atomic E-state index is 13.2. The van der Waals surface area contributed by atoms with Gasteiger partial charge in [0, 0.05) is 28.2 Å². The Balaban J connectivity index is 2.18. The van der Waals surface area contributed by atoms with Crippen LogP contribution < -0.4 is 0 Å². The van der Waals surface area contributed by atoms with E-state index in [9.17, 15) is 9.18 Å². The fourth-order valence-corrected chi connectivity index (χ4v) is 2.57. The van der Waals surface area contributed by atoms with Gasteiger partial charge < -0.3 is 4.98 Å². The van der Waals surface area contributed by atoms with E-state index >= 15 is 0 Å². The van der Waals surface area contributed by atoms with Gasteiger partial charge in [0.1, 0.15) is 5.82 Å². The lowest BCUT2D eigenvalue weighted by atomic mass is 9.97. The normalized spacial score (nSPS) is 10.9. The molecule has 0 saturated heterocycles. The number of carbonyl (C=O) groups is 1. The summed E-state index contributed by atoms with van der Waals surface area (Å²) in [6.45, 7) is 3.72. The molecule has 0 aliphatic rings. The van der Waals surface area contributed by atoms with Crippen molar-refractivity contribution in [2.75, 3.05) is 0 Å². The van der Waals surface area contributed by atoms with Gasteiger partial charge in [0.05, 0.1) is 0 Å². The van der Waals surface area contributed by atoms with Gasteiger partial charge in [-0.3, -0.25) is 4.79 Å². The highest BCUT2D eigenvalue weighted by Crippen LogP contribution is 2.25. The number of hydrogen-bond donors (Lipinski definition) is 1. The van der Waals surface area contributed by atoms with E-state index in [0.29, 0.717) is 16.7 Å². The number of aromatic nitrogens is 1. The highest BCUT2D eigenvalue weighted by Gasteiger charge is 2.17. The average Bonchev–Trinajstić information content (AvgIpc) is 2.83. The van der Waals surface area contributed by atoms with E-state index in [0.717, 1.165) is 16.5 Å². The number of benzene rings is 2. The Kier molecular flexibility index (Phi) is 2.90. The molecule has 0 spiro atoms. The van der Waals surface area contributed by atoms with E-state index in [4.69, 9.17) is 0 Å². The Morgan fingerprint density at radius 2 is 1.85 bits per heavy atom.